The van der Waals surface area contributed by atoms with E-state index in [1.807, 2.05) is 48.5 Å². The SMILES string of the molecule is CCC1(CCN(C)CCOC(c2ccc(Cl)cc2)c2ccc(Cl)cc2)OCCc2cc(OC)c(OC)cc21. The van der Waals surface area contributed by atoms with Gasteiger partial charge in [-0.2, -0.15) is 0 Å². The topological polar surface area (TPSA) is 40.2 Å². The minimum absolute atomic E-state index is 0.198. The first kappa shape index (κ1) is 28.7. The summed E-state index contributed by atoms with van der Waals surface area (Å²) in [5.41, 5.74) is 4.24. The summed E-state index contributed by atoms with van der Waals surface area (Å²) >= 11 is 12.3. The van der Waals surface area contributed by atoms with E-state index < -0.39 is 0 Å². The van der Waals surface area contributed by atoms with Gasteiger partial charge in [0.2, 0.25) is 0 Å². The second-order valence-corrected chi connectivity index (χ2v) is 10.6. The van der Waals surface area contributed by atoms with E-state index >= 15 is 0 Å². The molecule has 0 radical (unpaired) electrons. The number of likely N-dealkylation sites (N-methyl/N-ethyl adjacent to an activating group) is 1. The molecule has 0 amide bonds. The maximum Gasteiger partial charge on any atom is 0.161 e. The summed E-state index contributed by atoms with van der Waals surface area (Å²) in [4.78, 5) is 2.30. The van der Waals surface area contributed by atoms with Crippen molar-refractivity contribution in [2.75, 3.05) is 47.6 Å². The van der Waals surface area contributed by atoms with Crippen LogP contribution < -0.4 is 9.47 Å². The highest BCUT2D eigenvalue weighted by molar-refractivity contribution is 6.30. The van der Waals surface area contributed by atoms with Crippen molar-refractivity contribution in [1.82, 2.24) is 4.90 Å². The van der Waals surface area contributed by atoms with Crippen LogP contribution in [-0.4, -0.2) is 52.5 Å². The minimum atomic E-state index is -0.350. The molecule has 0 aromatic heterocycles. The summed E-state index contributed by atoms with van der Waals surface area (Å²) in [7, 11) is 5.49. The van der Waals surface area contributed by atoms with E-state index in [1.54, 1.807) is 14.2 Å². The molecule has 0 aliphatic carbocycles. The Balaban J connectivity index is 1.41. The number of nitrogens with zero attached hydrogens (tertiary/aromatic N) is 1. The zero-order valence-electron chi connectivity index (χ0n) is 22.6. The molecule has 3 aromatic carbocycles. The van der Waals surface area contributed by atoms with E-state index in [0.717, 1.165) is 55.0 Å². The van der Waals surface area contributed by atoms with Crippen molar-refractivity contribution in [3.63, 3.8) is 0 Å². The molecule has 3 aromatic rings. The third-order valence-corrected chi connectivity index (χ3v) is 7.93. The third kappa shape index (κ3) is 6.64. The number of rotatable bonds is 12. The average molecular weight is 559 g/mol. The Hall–Kier alpha value is -2.28. The van der Waals surface area contributed by atoms with Gasteiger partial charge in [-0.1, -0.05) is 54.4 Å². The molecule has 0 bridgehead atoms. The fraction of sp³-hybridized carbons (Fsp3) is 0.419. The van der Waals surface area contributed by atoms with Gasteiger partial charge in [0.05, 0.1) is 33.0 Å². The van der Waals surface area contributed by atoms with E-state index in [4.69, 9.17) is 42.1 Å². The highest BCUT2D eigenvalue weighted by Crippen LogP contribution is 2.43. The minimum Gasteiger partial charge on any atom is -0.493 e. The Labute approximate surface area is 236 Å². The van der Waals surface area contributed by atoms with Crippen LogP contribution >= 0.6 is 23.2 Å². The third-order valence-electron chi connectivity index (χ3n) is 7.42. The quantitative estimate of drug-likeness (QED) is 0.233. The molecule has 4 rings (SSSR count). The maximum atomic E-state index is 6.47. The second kappa shape index (κ2) is 13.2. The Morgan fingerprint density at radius 1 is 0.895 bits per heavy atom. The molecule has 1 heterocycles. The molecule has 0 spiro atoms. The van der Waals surface area contributed by atoms with Crippen LogP contribution in [-0.2, 0) is 21.5 Å². The Kier molecular flexibility index (Phi) is 9.97. The smallest absolute Gasteiger partial charge is 0.161 e. The van der Waals surface area contributed by atoms with Crippen molar-refractivity contribution >= 4 is 23.2 Å². The highest BCUT2D eigenvalue weighted by Gasteiger charge is 2.37. The molecule has 0 saturated heterocycles. The lowest BCUT2D eigenvalue weighted by Gasteiger charge is -2.40. The van der Waals surface area contributed by atoms with Crippen LogP contribution in [0.3, 0.4) is 0 Å². The van der Waals surface area contributed by atoms with Gasteiger partial charge in [0, 0.05) is 23.1 Å². The summed E-state index contributed by atoms with van der Waals surface area (Å²) in [6, 6.07) is 19.8. The molecule has 0 fully saturated rings. The fourth-order valence-corrected chi connectivity index (χ4v) is 5.38. The Bertz CT molecular complexity index is 1140. The van der Waals surface area contributed by atoms with Crippen molar-refractivity contribution in [1.29, 1.82) is 0 Å². The molecule has 7 heteroatoms. The van der Waals surface area contributed by atoms with E-state index in [-0.39, 0.29) is 11.7 Å². The van der Waals surface area contributed by atoms with E-state index in [9.17, 15) is 0 Å². The number of hydrogen-bond donors (Lipinski definition) is 0. The molecule has 0 N–H and O–H groups in total. The van der Waals surface area contributed by atoms with E-state index in [2.05, 4.69) is 31.0 Å². The average Bonchev–Trinajstić information content (AvgIpc) is 2.94. The first-order chi connectivity index (χ1) is 18.4. The van der Waals surface area contributed by atoms with Gasteiger partial charge < -0.3 is 23.8 Å². The summed E-state index contributed by atoms with van der Waals surface area (Å²) in [6.45, 7) is 5.13. The summed E-state index contributed by atoms with van der Waals surface area (Å²) < 4.78 is 24.0. The van der Waals surface area contributed by atoms with Crippen molar-refractivity contribution in [3.8, 4) is 11.5 Å². The molecule has 1 unspecified atom stereocenters. The summed E-state index contributed by atoms with van der Waals surface area (Å²) in [6.07, 6.45) is 2.43. The van der Waals surface area contributed by atoms with Crippen LogP contribution in [0.5, 0.6) is 11.5 Å². The molecule has 38 heavy (non-hydrogen) atoms. The molecule has 1 aliphatic rings. The van der Waals surface area contributed by atoms with Gasteiger partial charge in [0.15, 0.2) is 11.5 Å². The molecule has 5 nitrogen and oxygen atoms in total. The second-order valence-electron chi connectivity index (χ2n) is 9.72. The van der Waals surface area contributed by atoms with Gasteiger partial charge in [-0.25, -0.2) is 0 Å². The standard InChI is InChI=1S/C31H37Cl2NO4/c1-5-31(27-21-29(36-4)28(35-3)20-24(27)14-18-38-31)15-16-34(2)17-19-37-30(22-6-10-25(32)11-7-22)23-8-12-26(33)13-9-23/h6-13,20-21,30H,5,14-19H2,1-4H3. The normalized spacial score (nSPS) is 17.1. The molecule has 204 valence electrons. The molecular weight excluding hydrogens is 521 g/mol. The summed E-state index contributed by atoms with van der Waals surface area (Å²) in [5.74, 6) is 1.51. The monoisotopic (exact) mass is 557 g/mol. The molecule has 0 saturated carbocycles. The van der Waals surface area contributed by atoms with Crippen molar-refractivity contribution in [2.45, 2.75) is 37.9 Å². The molecule has 1 aliphatic heterocycles. The number of benzene rings is 3. The highest BCUT2D eigenvalue weighted by atomic mass is 35.5. The lowest BCUT2D eigenvalue weighted by Crippen LogP contribution is -2.39. The van der Waals surface area contributed by atoms with Gasteiger partial charge in [0.25, 0.3) is 0 Å². The van der Waals surface area contributed by atoms with Crippen molar-refractivity contribution in [3.05, 3.63) is 93.0 Å². The number of halogens is 2. The zero-order valence-corrected chi connectivity index (χ0v) is 24.1. The zero-order chi connectivity index (χ0) is 27.1. The van der Waals surface area contributed by atoms with Crippen LogP contribution in [0.25, 0.3) is 0 Å². The Morgan fingerprint density at radius 3 is 2.03 bits per heavy atom. The van der Waals surface area contributed by atoms with Crippen molar-refractivity contribution in [2.24, 2.45) is 0 Å². The Morgan fingerprint density at radius 2 is 1.47 bits per heavy atom. The van der Waals surface area contributed by atoms with Crippen LogP contribution in [0, 0.1) is 0 Å². The largest absolute Gasteiger partial charge is 0.493 e. The van der Waals surface area contributed by atoms with Crippen molar-refractivity contribution < 1.29 is 18.9 Å². The number of hydrogen-bond acceptors (Lipinski definition) is 5. The predicted molar refractivity (Wildman–Crippen MR) is 154 cm³/mol. The van der Waals surface area contributed by atoms with Gasteiger partial charge in [-0.3, -0.25) is 0 Å². The van der Waals surface area contributed by atoms with Gasteiger partial charge in [0.1, 0.15) is 6.10 Å². The number of methoxy groups -OCH3 is 2. The molecular formula is C31H37Cl2NO4. The van der Waals surface area contributed by atoms with Gasteiger partial charge in [-0.15, -0.1) is 0 Å². The van der Waals surface area contributed by atoms with Gasteiger partial charge >= 0.3 is 0 Å². The first-order valence-electron chi connectivity index (χ1n) is 13.1. The van der Waals surface area contributed by atoms with Crippen LogP contribution in [0.2, 0.25) is 10.0 Å². The van der Waals surface area contributed by atoms with Crippen LogP contribution in [0.15, 0.2) is 60.7 Å². The van der Waals surface area contributed by atoms with E-state index in [1.165, 1.54) is 11.1 Å². The predicted octanol–water partition coefficient (Wildman–Crippen LogP) is 7.32. The number of fused-ring (bicyclic) bond motifs is 1. The molecule has 1 atom stereocenters. The van der Waals surface area contributed by atoms with Crippen LogP contribution in [0.4, 0.5) is 0 Å². The van der Waals surface area contributed by atoms with E-state index in [0.29, 0.717) is 23.3 Å². The lowest BCUT2D eigenvalue weighted by molar-refractivity contribution is -0.0741. The fourth-order valence-electron chi connectivity index (χ4n) is 5.13. The summed E-state index contributed by atoms with van der Waals surface area (Å²) in [5, 5.41) is 1.41. The maximum absolute atomic E-state index is 6.47. The van der Waals surface area contributed by atoms with Gasteiger partial charge in [-0.05, 0) is 85.0 Å². The number of ether oxygens (including phenoxy) is 4. The first-order valence-corrected chi connectivity index (χ1v) is 13.8. The van der Waals surface area contributed by atoms with Crippen LogP contribution in [0.1, 0.15) is 48.1 Å². The lowest BCUT2D eigenvalue weighted by atomic mass is 9.81.